The van der Waals surface area contributed by atoms with Gasteiger partial charge in [-0.3, -0.25) is 9.59 Å². The lowest BCUT2D eigenvalue weighted by Crippen LogP contribution is -2.22. The molecule has 0 rings (SSSR count). The van der Waals surface area contributed by atoms with Crippen LogP contribution in [0.1, 0.15) is 65.2 Å². The van der Waals surface area contributed by atoms with E-state index in [-0.39, 0.29) is 11.0 Å². The molecule has 0 heterocycles. The van der Waals surface area contributed by atoms with Crippen molar-refractivity contribution in [1.82, 2.24) is 5.32 Å². The standard InChI is InChI=1S/C14H27NO2S/c1-3-4-5-6-7-8-9-10-14(17)18-12-11-15-13(2)16/h3-12H2,1-2H3,(H,15,16). The zero-order valence-corrected chi connectivity index (χ0v) is 12.6. The molecular formula is C14H27NO2S. The van der Waals surface area contributed by atoms with E-state index in [0.717, 1.165) is 6.42 Å². The van der Waals surface area contributed by atoms with Crippen LogP contribution in [-0.4, -0.2) is 23.3 Å². The molecule has 0 atom stereocenters. The van der Waals surface area contributed by atoms with Crippen molar-refractivity contribution in [3.8, 4) is 0 Å². The highest BCUT2D eigenvalue weighted by molar-refractivity contribution is 8.13. The van der Waals surface area contributed by atoms with E-state index in [4.69, 9.17) is 0 Å². The van der Waals surface area contributed by atoms with Gasteiger partial charge in [-0.15, -0.1) is 0 Å². The monoisotopic (exact) mass is 273 g/mol. The fourth-order valence-corrected chi connectivity index (χ4v) is 2.41. The lowest BCUT2D eigenvalue weighted by Gasteiger charge is -2.02. The first-order chi connectivity index (χ1) is 8.66. The fourth-order valence-electron chi connectivity index (χ4n) is 1.69. The summed E-state index contributed by atoms with van der Waals surface area (Å²) in [4.78, 5) is 22.1. The molecule has 0 saturated heterocycles. The van der Waals surface area contributed by atoms with Crippen LogP contribution in [0.3, 0.4) is 0 Å². The van der Waals surface area contributed by atoms with Crippen molar-refractivity contribution in [2.75, 3.05) is 12.3 Å². The average molecular weight is 273 g/mol. The normalized spacial score (nSPS) is 10.3. The van der Waals surface area contributed by atoms with Gasteiger partial charge in [-0.2, -0.15) is 0 Å². The molecule has 18 heavy (non-hydrogen) atoms. The molecule has 1 amide bonds. The number of hydrogen-bond donors (Lipinski definition) is 1. The minimum absolute atomic E-state index is 0.0323. The molecule has 0 fully saturated rings. The Bertz CT molecular complexity index is 232. The number of hydrogen-bond acceptors (Lipinski definition) is 3. The van der Waals surface area contributed by atoms with Crippen LogP contribution in [0, 0.1) is 0 Å². The molecule has 3 nitrogen and oxygen atoms in total. The second kappa shape index (κ2) is 12.9. The summed E-state index contributed by atoms with van der Waals surface area (Å²) in [5, 5.41) is 2.94. The van der Waals surface area contributed by atoms with Gasteiger partial charge in [-0.1, -0.05) is 57.2 Å². The molecular weight excluding hydrogens is 246 g/mol. The lowest BCUT2D eigenvalue weighted by atomic mass is 10.1. The van der Waals surface area contributed by atoms with E-state index >= 15 is 0 Å². The van der Waals surface area contributed by atoms with Crippen molar-refractivity contribution in [3.05, 3.63) is 0 Å². The number of carbonyl (C=O) groups excluding carboxylic acids is 2. The predicted molar refractivity (Wildman–Crippen MR) is 78.8 cm³/mol. The second-order valence-electron chi connectivity index (χ2n) is 4.57. The van der Waals surface area contributed by atoms with Crippen LogP contribution in [0.4, 0.5) is 0 Å². The molecule has 0 aromatic heterocycles. The van der Waals surface area contributed by atoms with Crippen molar-refractivity contribution in [2.45, 2.75) is 65.2 Å². The minimum atomic E-state index is -0.0323. The Morgan fingerprint density at radius 1 is 1.00 bits per heavy atom. The molecule has 1 N–H and O–H groups in total. The van der Waals surface area contributed by atoms with E-state index in [0.29, 0.717) is 18.7 Å². The zero-order valence-electron chi connectivity index (χ0n) is 11.8. The van der Waals surface area contributed by atoms with Crippen LogP contribution in [-0.2, 0) is 9.59 Å². The van der Waals surface area contributed by atoms with Gasteiger partial charge < -0.3 is 5.32 Å². The summed E-state index contributed by atoms with van der Waals surface area (Å²) in [6.07, 6.45) is 9.36. The van der Waals surface area contributed by atoms with Gasteiger partial charge in [0.1, 0.15) is 0 Å². The van der Waals surface area contributed by atoms with Crippen LogP contribution in [0.2, 0.25) is 0 Å². The third kappa shape index (κ3) is 13.6. The van der Waals surface area contributed by atoms with Crippen LogP contribution < -0.4 is 5.32 Å². The van der Waals surface area contributed by atoms with Gasteiger partial charge in [-0.25, -0.2) is 0 Å². The van der Waals surface area contributed by atoms with Crippen LogP contribution in [0.25, 0.3) is 0 Å². The first-order valence-electron chi connectivity index (χ1n) is 7.07. The van der Waals surface area contributed by atoms with E-state index in [1.54, 1.807) is 0 Å². The summed E-state index contributed by atoms with van der Waals surface area (Å²) in [6.45, 7) is 4.30. The van der Waals surface area contributed by atoms with Crippen LogP contribution in [0.15, 0.2) is 0 Å². The van der Waals surface area contributed by atoms with Gasteiger partial charge in [-0.05, 0) is 6.42 Å². The second-order valence-corrected chi connectivity index (χ2v) is 5.73. The molecule has 106 valence electrons. The van der Waals surface area contributed by atoms with Gasteiger partial charge in [0.05, 0.1) is 0 Å². The summed E-state index contributed by atoms with van der Waals surface area (Å²) < 4.78 is 0. The molecule has 0 aromatic rings. The molecule has 0 aromatic carbocycles. The van der Waals surface area contributed by atoms with E-state index in [1.165, 1.54) is 57.2 Å². The molecule has 0 aliphatic rings. The quantitative estimate of drug-likeness (QED) is 0.586. The Morgan fingerprint density at radius 2 is 1.61 bits per heavy atom. The molecule has 0 radical (unpaired) electrons. The number of thioether (sulfide) groups is 1. The summed E-state index contributed by atoms with van der Waals surface area (Å²) in [7, 11) is 0. The maximum absolute atomic E-state index is 11.5. The zero-order chi connectivity index (χ0) is 13.6. The maximum Gasteiger partial charge on any atom is 0.216 e. The van der Waals surface area contributed by atoms with E-state index in [2.05, 4.69) is 12.2 Å². The fraction of sp³-hybridized carbons (Fsp3) is 0.857. The Kier molecular flexibility index (Phi) is 12.6. The smallest absolute Gasteiger partial charge is 0.216 e. The Labute approximate surface area is 115 Å². The van der Waals surface area contributed by atoms with Crippen molar-refractivity contribution in [3.63, 3.8) is 0 Å². The summed E-state index contributed by atoms with van der Waals surface area (Å²) in [5.74, 6) is 0.657. The Morgan fingerprint density at radius 3 is 2.22 bits per heavy atom. The SMILES string of the molecule is CCCCCCCCCC(=O)SCCNC(C)=O. The molecule has 0 aliphatic heterocycles. The molecule has 0 aliphatic carbocycles. The van der Waals surface area contributed by atoms with E-state index in [9.17, 15) is 9.59 Å². The highest BCUT2D eigenvalue weighted by Gasteiger charge is 2.02. The van der Waals surface area contributed by atoms with Crippen molar-refractivity contribution >= 4 is 22.8 Å². The molecule has 0 unspecified atom stereocenters. The van der Waals surface area contributed by atoms with Crippen molar-refractivity contribution in [1.29, 1.82) is 0 Å². The van der Waals surface area contributed by atoms with Gasteiger partial charge in [0, 0.05) is 25.6 Å². The summed E-state index contributed by atoms with van der Waals surface area (Å²) >= 11 is 1.34. The molecule has 4 heteroatoms. The molecule has 0 spiro atoms. The van der Waals surface area contributed by atoms with Crippen LogP contribution in [0.5, 0.6) is 0 Å². The number of amides is 1. The van der Waals surface area contributed by atoms with E-state index in [1.807, 2.05) is 0 Å². The number of rotatable bonds is 11. The van der Waals surface area contributed by atoms with Gasteiger partial charge >= 0.3 is 0 Å². The first-order valence-corrected chi connectivity index (χ1v) is 8.05. The highest BCUT2D eigenvalue weighted by Crippen LogP contribution is 2.12. The van der Waals surface area contributed by atoms with E-state index < -0.39 is 0 Å². The first kappa shape index (κ1) is 17.5. The highest BCUT2D eigenvalue weighted by atomic mass is 32.2. The topological polar surface area (TPSA) is 46.2 Å². The minimum Gasteiger partial charge on any atom is -0.356 e. The average Bonchev–Trinajstić information content (AvgIpc) is 2.33. The predicted octanol–water partition coefficient (Wildman–Crippen LogP) is 3.52. The molecule has 0 saturated carbocycles. The van der Waals surface area contributed by atoms with Gasteiger partial charge in [0.25, 0.3) is 0 Å². The van der Waals surface area contributed by atoms with Gasteiger partial charge in [0.2, 0.25) is 5.91 Å². The molecule has 0 bridgehead atoms. The lowest BCUT2D eigenvalue weighted by molar-refractivity contribution is -0.118. The maximum atomic E-state index is 11.5. The number of carbonyl (C=O) groups is 2. The summed E-state index contributed by atoms with van der Waals surface area (Å²) in [5.41, 5.74) is 0. The summed E-state index contributed by atoms with van der Waals surface area (Å²) in [6, 6.07) is 0. The number of unbranched alkanes of at least 4 members (excludes halogenated alkanes) is 6. The number of nitrogens with one attached hydrogen (secondary N) is 1. The third-order valence-corrected chi connectivity index (χ3v) is 3.66. The van der Waals surface area contributed by atoms with Gasteiger partial charge in [0.15, 0.2) is 5.12 Å². The Balaban J connectivity index is 3.19. The third-order valence-electron chi connectivity index (χ3n) is 2.72. The Hall–Kier alpha value is -0.510. The largest absolute Gasteiger partial charge is 0.356 e. The van der Waals surface area contributed by atoms with Crippen molar-refractivity contribution < 1.29 is 9.59 Å². The van der Waals surface area contributed by atoms with Crippen molar-refractivity contribution in [2.24, 2.45) is 0 Å². The van der Waals surface area contributed by atoms with Crippen LogP contribution >= 0.6 is 11.8 Å².